The van der Waals surface area contributed by atoms with Crippen molar-refractivity contribution >= 4 is 23.4 Å². The molecule has 4 aliphatic heterocycles. The van der Waals surface area contributed by atoms with Gasteiger partial charge in [-0.1, -0.05) is 19.1 Å². The van der Waals surface area contributed by atoms with Gasteiger partial charge >= 0.3 is 0 Å². The van der Waals surface area contributed by atoms with E-state index in [1.54, 1.807) is 16.8 Å². The quantitative estimate of drug-likeness (QED) is 0.799. The summed E-state index contributed by atoms with van der Waals surface area (Å²) in [4.78, 5) is 16.3. The van der Waals surface area contributed by atoms with Crippen molar-refractivity contribution in [2.45, 2.75) is 43.2 Å². The Labute approximate surface area is 141 Å². The number of fused-ring (bicyclic) bond motifs is 2. The van der Waals surface area contributed by atoms with Gasteiger partial charge < -0.3 is 0 Å². The lowest BCUT2D eigenvalue weighted by Gasteiger charge is -2.46. The van der Waals surface area contributed by atoms with E-state index in [0.29, 0.717) is 12.3 Å². The van der Waals surface area contributed by atoms with Crippen LogP contribution in [0.25, 0.3) is 0 Å². The van der Waals surface area contributed by atoms with Crippen molar-refractivity contribution in [3.05, 3.63) is 29.8 Å². The van der Waals surface area contributed by atoms with Crippen LogP contribution < -0.4 is 0 Å². The second kappa shape index (κ2) is 5.95. The Kier molecular flexibility index (Phi) is 3.93. The first-order valence-electron chi connectivity index (χ1n) is 8.51. The van der Waals surface area contributed by atoms with Crippen molar-refractivity contribution in [2.75, 3.05) is 19.3 Å². The lowest BCUT2D eigenvalue weighted by molar-refractivity contribution is -0.133. The molecule has 3 fully saturated rings. The highest BCUT2D eigenvalue weighted by molar-refractivity contribution is 7.98. The highest BCUT2D eigenvalue weighted by Crippen LogP contribution is 2.43. The number of rotatable bonds is 3. The largest absolute Gasteiger partial charge is 0.293 e. The Bertz CT molecular complexity index is 634. The molecule has 4 nitrogen and oxygen atoms in total. The summed E-state index contributed by atoms with van der Waals surface area (Å²) in [6.45, 7) is 4.21. The number of thioether (sulfide) groups is 1. The van der Waals surface area contributed by atoms with Crippen molar-refractivity contribution in [2.24, 2.45) is 11.0 Å². The summed E-state index contributed by atoms with van der Waals surface area (Å²) in [7, 11) is 0. The molecule has 0 N–H and O–H groups in total. The first kappa shape index (κ1) is 15.2. The number of nitrogens with zero attached hydrogens (tertiary/aromatic N) is 3. The molecule has 5 rings (SSSR count). The Morgan fingerprint density at radius 2 is 1.91 bits per heavy atom. The number of hydrogen-bond acceptors (Lipinski definition) is 4. The third kappa shape index (κ3) is 2.41. The molecular weight excluding hydrogens is 306 g/mol. The van der Waals surface area contributed by atoms with Crippen LogP contribution in [0.4, 0.5) is 0 Å². The smallest absolute Gasteiger partial charge is 0.243 e. The number of hydrogen-bond donors (Lipinski definition) is 0. The summed E-state index contributed by atoms with van der Waals surface area (Å²) in [5, 5.41) is 6.60. The van der Waals surface area contributed by atoms with E-state index in [-0.39, 0.29) is 18.0 Å². The summed E-state index contributed by atoms with van der Waals surface area (Å²) in [5.74, 6) is 0.707. The minimum absolute atomic E-state index is 0.0523. The summed E-state index contributed by atoms with van der Waals surface area (Å²) in [5.41, 5.74) is 2.46. The lowest BCUT2D eigenvalue weighted by atomic mass is 9.78. The second-order valence-electron chi connectivity index (χ2n) is 6.59. The van der Waals surface area contributed by atoms with Gasteiger partial charge in [-0.15, -0.1) is 11.8 Å². The zero-order valence-electron chi connectivity index (χ0n) is 13.7. The summed E-state index contributed by atoms with van der Waals surface area (Å²) >= 11 is 1.75. The van der Waals surface area contributed by atoms with Gasteiger partial charge in [-0.05, 0) is 49.9 Å². The monoisotopic (exact) mass is 329 g/mol. The Morgan fingerprint density at radius 1 is 1.22 bits per heavy atom. The van der Waals surface area contributed by atoms with Crippen molar-refractivity contribution < 1.29 is 4.79 Å². The van der Waals surface area contributed by atoms with E-state index in [4.69, 9.17) is 5.10 Å². The molecule has 3 saturated heterocycles. The van der Waals surface area contributed by atoms with Gasteiger partial charge in [0.05, 0.1) is 11.8 Å². The SMILES string of the molecule is CCC(=O)N1N=C2C3CCN(CC3)[C@@H]2[C@@H]1c1ccc(SC)cc1. The summed E-state index contributed by atoms with van der Waals surface area (Å²) in [6.07, 6.45) is 4.99. The fourth-order valence-electron chi connectivity index (χ4n) is 4.22. The standard InChI is InChI=1S/C18H23N3OS/c1-3-15(22)21-17(13-4-6-14(23-2)7-5-13)18-16(19-21)12-8-10-20(18)11-9-12/h4-7,12,17-18H,3,8-11H2,1-2H3/t17-,18-/m0/s1. The van der Waals surface area contributed by atoms with E-state index in [0.717, 1.165) is 13.1 Å². The molecule has 1 aromatic carbocycles. The Morgan fingerprint density at radius 3 is 2.52 bits per heavy atom. The van der Waals surface area contributed by atoms with Crippen LogP contribution in [0, 0.1) is 5.92 Å². The topological polar surface area (TPSA) is 35.9 Å². The van der Waals surface area contributed by atoms with E-state index < -0.39 is 0 Å². The van der Waals surface area contributed by atoms with Gasteiger partial charge in [-0.3, -0.25) is 9.69 Å². The molecule has 0 spiro atoms. The number of amides is 1. The maximum Gasteiger partial charge on any atom is 0.243 e. The first-order chi connectivity index (χ1) is 11.2. The van der Waals surface area contributed by atoms with Crippen LogP contribution >= 0.6 is 11.8 Å². The van der Waals surface area contributed by atoms with Gasteiger partial charge in [0.15, 0.2) is 0 Å². The molecule has 1 aromatic rings. The number of piperidine rings is 3. The van der Waals surface area contributed by atoms with Crippen LogP contribution in [0.15, 0.2) is 34.3 Å². The fraction of sp³-hybridized carbons (Fsp3) is 0.556. The molecule has 5 heteroatoms. The van der Waals surface area contributed by atoms with Crippen molar-refractivity contribution in [3.8, 4) is 0 Å². The predicted octanol–water partition coefficient (Wildman–Crippen LogP) is 3.15. The van der Waals surface area contributed by atoms with Gasteiger partial charge in [0.1, 0.15) is 6.04 Å². The summed E-state index contributed by atoms with van der Waals surface area (Å²) < 4.78 is 0. The average molecular weight is 329 g/mol. The molecule has 4 aliphatic rings. The second-order valence-corrected chi connectivity index (χ2v) is 7.47. The van der Waals surface area contributed by atoms with Gasteiger partial charge in [-0.25, -0.2) is 5.01 Å². The minimum Gasteiger partial charge on any atom is -0.293 e. The van der Waals surface area contributed by atoms with Gasteiger partial charge in [0.25, 0.3) is 0 Å². The van der Waals surface area contributed by atoms with Crippen LogP contribution in [-0.2, 0) is 4.79 Å². The molecule has 4 heterocycles. The maximum absolute atomic E-state index is 12.5. The molecule has 2 atom stereocenters. The lowest BCUT2D eigenvalue weighted by Crippen LogP contribution is -2.56. The normalized spacial score (nSPS) is 31.9. The molecule has 0 saturated carbocycles. The van der Waals surface area contributed by atoms with Crippen LogP contribution in [0.3, 0.4) is 0 Å². The third-order valence-electron chi connectivity index (χ3n) is 5.45. The van der Waals surface area contributed by atoms with E-state index in [1.807, 2.05) is 6.92 Å². The van der Waals surface area contributed by atoms with Crippen LogP contribution in [0.1, 0.15) is 37.8 Å². The molecule has 1 amide bonds. The van der Waals surface area contributed by atoms with E-state index in [2.05, 4.69) is 35.4 Å². The average Bonchev–Trinajstić information content (AvgIpc) is 3.04. The van der Waals surface area contributed by atoms with Crippen LogP contribution in [0.2, 0.25) is 0 Å². The Balaban J connectivity index is 1.73. The van der Waals surface area contributed by atoms with Gasteiger partial charge in [0, 0.05) is 17.2 Å². The number of carbonyl (C=O) groups excluding carboxylic acids is 1. The summed E-state index contributed by atoms with van der Waals surface area (Å²) in [6, 6.07) is 9.00. The van der Waals surface area contributed by atoms with Crippen molar-refractivity contribution in [1.29, 1.82) is 0 Å². The van der Waals surface area contributed by atoms with Gasteiger partial charge in [-0.2, -0.15) is 5.10 Å². The molecule has 0 aliphatic carbocycles. The molecule has 0 unspecified atom stereocenters. The van der Waals surface area contributed by atoms with Crippen molar-refractivity contribution in [3.63, 3.8) is 0 Å². The third-order valence-corrected chi connectivity index (χ3v) is 6.19. The molecule has 0 radical (unpaired) electrons. The van der Waals surface area contributed by atoms with E-state index >= 15 is 0 Å². The van der Waals surface area contributed by atoms with Crippen molar-refractivity contribution in [1.82, 2.24) is 9.91 Å². The molecule has 2 bridgehead atoms. The number of benzene rings is 1. The van der Waals surface area contributed by atoms with E-state index in [1.165, 1.54) is 29.0 Å². The van der Waals surface area contributed by atoms with Gasteiger partial charge in [0.2, 0.25) is 5.91 Å². The first-order valence-corrected chi connectivity index (χ1v) is 9.74. The fourth-order valence-corrected chi connectivity index (χ4v) is 4.63. The maximum atomic E-state index is 12.5. The Hall–Kier alpha value is -1.33. The minimum atomic E-state index is 0.0523. The zero-order chi connectivity index (χ0) is 16.0. The van der Waals surface area contributed by atoms with E-state index in [9.17, 15) is 4.79 Å². The predicted molar refractivity (Wildman–Crippen MR) is 93.6 cm³/mol. The number of carbonyl (C=O) groups is 1. The molecule has 0 aromatic heterocycles. The molecular formula is C18H23N3OS. The highest BCUT2D eigenvalue weighted by atomic mass is 32.2. The number of hydrazone groups is 1. The molecule has 122 valence electrons. The highest BCUT2D eigenvalue weighted by Gasteiger charge is 2.50. The van der Waals surface area contributed by atoms with Crippen LogP contribution in [0.5, 0.6) is 0 Å². The zero-order valence-corrected chi connectivity index (χ0v) is 14.6. The molecule has 23 heavy (non-hydrogen) atoms. The van der Waals surface area contributed by atoms with Crippen LogP contribution in [-0.4, -0.2) is 46.9 Å².